The number of rotatable bonds is 1. The van der Waals surface area contributed by atoms with Crippen molar-refractivity contribution >= 4 is 11.6 Å². The minimum absolute atomic E-state index is 0.112. The number of allylic oxidation sites excluding steroid dienone is 2. The molecule has 62 valence electrons. The van der Waals surface area contributed by atoms with Crippen LogP contribution in [0.4, 0.5) is 0 Å². The van der Waals surface area contributed by atoms with Crippen LogP contribution in [0.3, 0.4) is 0 Å². The third-order valence-corrected chi connectivity index (χ3v) is 2.12. The standard InChI is InChI=1S/C8H13ClN2/c1-8(2)5-7(6-9)3-4-11(8)10/h3-5H,6,10H2,1-2H3. The first-order valence-corrected chi connectivity index (χ1v) is 4.09. The molecule has 0 saturated carbocycles. The van der Waals surface area contributed by atoms with Gasteiger partial charge in [0, 0.05) is 12.1 Å². The predicted molar refractivity (Wildman–Crippen MR) is 48.0 cm³/mol. The molecule has 3 heteroatoms. The van der Waals surface area contributed by atoms with Crippen LogP contribution >= 0.6 is 11.6 Å². The van der Waals surface area contributed by atoms with Crippen LogP contribution in [-0.2, 0) is 0 Å². The van der Waals surface area contributed by atoms with Gasteiger partial charge in [-0.2, -0.15) is 0 Å². The lowest BCUT2D eigenvalue weighted by atomic mass is 9.98. The second-order valence-corrected chi connectivity index (χ2v) is 3.50. The highest BCUT2D eigenvalue weighted by Gasteiger charge is 2.21. The third-order valence-electron chi connectivity index (χ3n) is 1.81. The second-order valence-electron chi connectivity index (χ2n) is 3.23. The molecule has 1 aliphatic rings. The highest BCUT2D eigenvalue weighted by atomic mass is 35.5. The fourth-order valence-electron chi connectivity index (χ4n) is 1.03. The normalized spacial score (nSPS) is 21.8. The molecular formula is C8H13ClN2. The van der Waals surface area contributed by atoms with E-state index in [0.29, 0.717) is 5.88 Å². The van der Waals surface area contributed by atoms with Crippen LogP contribution in [0.2, 0.25) is 0 Å². The summed E-state index contributed by atoms with van der Waals surface area (Å²) < 4.78 is 0. The van der Waals surface area contributed by atoms with Crippen molar-refractivity contribution in [3.8, 4) is 0 Å². The van der Waals surface area contributed by atoms with Crippen molar-refractivity contribution in [3.05, 3.63) is 23.9 Å². The zero-order valence-electron chi connectivity index (χ0n) is 6.84. The van der Waals surface area contributed by atoms with Gasteiger partial charge in [-0.05, 0) is 25.5 Å². The van der Waals surface area contributed by atoms with Gasteiger partial charge in [-0.3, -0.25) is 0 Å². The summed E-state index contributed by atoms with van der Waals surface area (Å²) >= 11 is 5.68. The zero-order chi connectivity index (χ0) is 8.48. The van der Waals surface area contributed by atoms with Crippen molar-refractivity contribution in [2.75, 3.05) is 5.88 Å². The van der Waals surface area contributed by atoms with Crippen molar-refractivity contribution in [2.24, 2.45) is 5.84 Å². The van der Waals surface area contributed by atoms with Gasteiger partial charge in [0.2, 0.25) is 0 Å². The number of nitrogens with zero attached hydrogens (tertiary/aromatic N) is 1. The number of hydrogen-bond acceptors (Lipinski definition) is 2. The van der Waals surface area contributed by atoms with E-state index in [4.69, 9.17) is 17.4 Å². The fraction of sp³-hybridized carbons (Fsp3) is 0.500. The fourth-order valence-corrected chi connectivity index (χ4v) is 1.19. The van der Waals surface area contributed by atoms with E-state index < -0.39 is 0 Å². The van der Waals surface area contributed by atoms with Crippen molar-refractivity contribution in [3.63, 3.8) is 0 Å². The Labute approximate surface area is 72.3 Å². The first-order valence-electron chi connectivity index (χ1n) is 3.56. The van der Waals surface area contributed by atoms with Crippen LogP contribution in [0.5, 0.6) is 0 Å². The van der Waals surface area contributed by atoms with Gasteiger partial charge in [0.1, 0.15) is 0 Å². The van der Waals surface area contributed by atoms with Gasteiger partial charge in [-0.1, -0.05) is 6.08 Å². The molecule has 0 aromatic heterocycles. The first kappa shape index (κ1) is 8.62. The maximum Gasteiger partial charge on any atom is 0.0683 e. The highest BCUT2D eigenvalue weighted by molar-refractivity contribution is 6.19. The molecule has 0 aromatic rings. The average Bonchev–Trinajstić information content (AvgIpc) is 1.95. The Balaban J connectivity index is 2.84. The van der Waals surface area contributed by atoms with E-state index in [-0.39, 0.29) is 5.54 Å². The Bertz CT molecular complexity index is 206. The number of halogens is 1. The molecule has 0 amide bonds. The van der Waals surface area contributed by atoms with Crippen molar-refractivity contribution < 1.29 is 0 Å². The number of alkyl halides is 1. The van der Waals surface area contributed by atoms with E-state index in [2.05, 4.69) is 6.08 Å². The van der Waals surface area contributed by atoms with Gasteiger partial charge in [0.05, 0.1) is 5.54 Å². The van der Waals surface area contributed by atoms with Gasteiger partial charge < -0.3 is 5.01 Å². The summed E-state index contributed by atoms with van der Waals surface area (Å²) in [5.74, 6) is 6.24. The van der Waals surface area contributed by atoms with E-state index in [1.54, 1.807) is 5.01 Å². The van der Waals surface area contributed by atoms with Gasteiger partial charge in [-0.15, -0.1) is 11.6 Å². The third kappa shape index (κ3) is 1.76. The van der Waals surface area contributed by atoms with Crippen molar-refractivity contribution in [1.82, 2.24) is 5.01 Å². The minimum atomic E-state index is -0.112. The van der Waals surface area contributed by atoms with E-state index in [0.717, 1.165) is 5.57 Å². The lowest BCUT2D eigenvalue weighted by molar-refractivity contribution is 0.238. The first-order chi connectivity index (χ1) is 5.06. The van der Waals surface area contributed by atoms with E-state index in [9.17, 15) is 0 Å². The van der Waals surface area contributed by atoms with Crippen LogP contribution in [0.15, 0.2) is 23.9 Å². The van der Waals surface area contributed by atoms with Gasteiger partial charge >= 0.3 is 0 Å². The molecule has 1 aliphatic heterocycles. The van der Waals surface area contributed by atoms with Crippen LogP contribution in [0.1, 0.15) is 13.8 Å². The Kier molecular flexibility index (Phi) is 2.25. The molecule has 2 nitrogen and oxygen atoms in total. The predicted octanol–water partition coefficient (Wildman–Crippen LogP) is 1.63. The van der Waals surface area contributed by atoms with Crippen molar-refractivity contribution in [1.29, 1.82) is 0 Å². The summed E-state index contributed by atoms with van der Waals surface area (Å²) in [4.78, 5) is 0. The lowest BCUT2D eigenvalue weighted by Crippen LogP contribution is -2.45. The van der Waals surface area contributed by atoms with E-state index >= 15 is 0 Å². The summed E-state index contributed by atoms with van der Waals surface area (Å²) in [6, 6.07) is 0. The van der Waals surface area contributed by atoms with Crippen LogP contribution in [0, 0.1) is 0 Å². The molecular weight excluding hydrogens is 160 g/mol. The molecule has 0 aromatic carbocycles. The smallest absolute Gasteiger partial charge is 0.0683 e. The Morgan fingerprint density at radius 2 is 2.27 bits per heavy atom. The Morgan fingerprint density at radius 1 is 1.64 bits per heavy atom. The molecule has 1 heterocycles. The van der Waals surface area contributed by atoms with Gasteiger partial charge in [0.25, 0.3) is 0 Å². The number of hydrazine groups is 1. The summed E-state index contributed by atoms with van der Waals surface area (Å²) in [6.45, 7) is 4.09. The van der Waals surface area contributed by atoms with E-state index in [1.165, 1.54) is 0 Å². The molecule has 0 atom stereocenters. The molecule has 11 heavy (non-hydrogen) atoms. The van der Waals surface area contributed by atoms with Gasteiger partial charge in [0.15, 0.2) is 0 Å². The Morgan fingerprint density at radius 3 is 2.73 bits per heavy atom. The number of hydrogen-bond donors (Lipinski definition) is 1. The van der Waals surface area contributed by atoms with E-state index in [1.807, 2.05) is 26.1 Å². The molecule has 2 N–H and O–H groups in total. The summed E-state index contributed by atoms with van der Waals surface area (Å²) in [6.07, 6.45) is 5.84. The van der Waals surface area contributed by atoms with Gasteiger partial charge in [-0.25, -0.2) is 5.84 Å². The topological polar surface area (TPSA) is 29.3 Å². The second kappa shape index (κ2) is 2.88. The molecule has 0 bridgehead atoms. The summed E-state index contributed by atoms with van der Waals surface area (Å²) in [5, 5.41) is 1.67. The average molecular weight is 173 g/mol. The van der Waals surface area contributed by atoms with Crippen LogP contribution < -0.4 is 5.84 Å². The summed E-state index contributed by atoms with van der Waals surface area (Å²) in [5.41, 5.74) is 1.01. The van der Waals surface area contributed by atoms with Crippen molar-refractivity contribution in [2.45, 2.75) is 19.4 Å². The summed E-state index contributed by atoms with van der Waals surface area (Å²) in [7, 11) is 0. The highest BCUT2D eigenvalue weighted by Crippen LogP contribution is 2.20. The minimum Gasteiger partial charge on any atom is -0.309 e. The maximum atomic E-state index is 5.69. The van der Waals surface area contributed by atoms with Crippen LogP contribution in [-0.4, -0.2) is 16.4 Å². The molecule has 0 spiro atoms. The quantitative estimate of drug-likeness (QED) is 0.481. The zero-order valence-corrected chi connectivity index (χ0v) is 7.60. The Hall–Kier alpha value is -0.470. The maximum absolute atomic E-state index is 5.69. The van der Waals surface area contributed by atoms with Crippen LogP contribution in [0.25, 0.3) is 0 Å². The molecule has 1 rings (SSSR count). The molecule has 0 saturated heterocycles. The largest absolute Gasteiger partial charge is 0.309 e. The number of nitrogens with two attached hydrogens (primary N) is 1. The SMILES string of the molecule is CC1(C)C=C(CCl)C=CN1N. The molecule has 0 fully saturated rings. The molecule has 0 unspecified atom stereocenters. The lowest BCUT2D eigenvalue weighted by Gasteiger charge is -2.34. The molecule has 0 aliphatic carbocycles. The molecule has 0 radical (unpaired) electrons. The monoisotopic (exact) mass is 172 g/mol.